The lowest BCUT2D eigenvalue weighted by Gasteiger charge is -2.22. The number of nitrogens with two attached hydrogens (primary N) is 1. The summed E-state index contributed by atoms with van der Waals surface area (Å²) < 4.78 is 35.8. The van der Waals surface area contributed by atoms with Crippen molar-refractivity contribution in [2.75, 3.05) is 0 Å². The molecule has 2 atom stereocenters. The predicted octanol–water partition coefficient (Wildman–Crippen LogP) is 4.97. The Morgan fingerprint density at radius 1 is 1.15 bits per heavy atom. The third-order valence-electron chi connectivity index (χ3n) is 5.74. The summed E-state index contributed by atoms with van der Waals surface area (Å²) in [5.74, 6) is 0.221. The molecule has 5 heteroatoms. The molecule has 0 radical (unpaired) electrons. The second-order valence-corrected chi connectivity index (χ2v) is 9.22. The third-order valence-corrected chi connectivity index (χ3v) is 6.67. The Balaban J connectivity index is 2.03. The highest BCUT2D eigenvalue weighted by Crippen LogP contribution is 2.63. The Morgan fingerprint density at radius 3 is 2.31 bits per heavy atom. The summed E-state index contributed by atoms with van der Waals surface area (Å²) in [6, 6.07) is 6.84. The zero-order valence-corrected chi connectivity index (χ0v) is 16.1. The molecular weight excluding hydrogens is 349 g/mol. The molecule has 0 bridgehead atoms. The molecule has 2 aliphatic rings. The van der Waals surface area contributed by atoms with Crippen LogP contribution in [0.15, 0.2) is 59.3 Å². The monoisotopic (exact) mass is 375 g/mol. The fourth-order valence-electron chi connectivity index (χ4n) is 4.09. The minimum Gasteiger partial charge on any atom is -0.225 e. The second kappa shape index (κ2) is 7.12. The molecule has 2 N–H and O–H groups in total. The molecular formula is C21H26FNO2S. The summed E-state index contributed by atoms with van der Waals surface area (Å²) in [5.41, 5.74) is 4.05. The van der Waals surface area contributed by atoms with Crippen LogP contribution in [0.3, 0.4) is 0 Å². The van der Waals surface area contributed by atoms with E-state index in [1.54, 1.807) is 18.2 Å². The minimum absolute atomic E-state index is 0.0683. The smallest absolute Gasteiger partial charge is 0.225 e. The molecule has 2 aliphatic carbocycles. The van der Waals surface area contributed by atoms with Gasteiger partial charge in [-0.15, -0.1) is 0 Å². The Morgan fingerprint density at radius 2 is 1.81 bits per heavy atom. The fraction of sp³-hybridized carbons (Fsp3) is 0.429. The summed E-state index contributed by atoms with van der Waals surface area (Å²) in [5, 5.41) is 5.21. The highest BCUT2D eigenvalue weighted by molar-refractivity contribution is 7.89. The van der Waals surface area contributed by atoms with Crippen molar-refractivity contribution >= 4 is 15.6 Å². The van der Waals surface area contributed by atoms with E-state index in [9.17, 15) is 12.8 Å². The maximum atomic E-state index is 12.8. The summed E-state index contributed by atoms with van der Waals surface area (Å²) in [6.07, 6.45) is 10.9. The van der Waals surface area contributed by atoms with E-state index in [1.165, 1.54) is 24.0 Å². The average Bonchev–Trinajstić information content (AvgIpc) is 3.24. The Bertz CT molecular complexity index is 862. The first-order valence-electron chi connectivity index (χ1n) is 9.04. The number of halogens is 1. The number of rotatable bonds is 6. The zero-order valence-electron chi connectivity index (χ0n) is 15.3. The van der Waals surface area contributed by atoms with Crippen molar-refractivity contribution in [2.24, 2.45) is 22.4 Å². The molecule has 0 amide bonds. The molecule has 1 spiro atoms. The fourth-order valence-corrected chi connectivity index (χ4v) is 4.61. The van der Waals surface area contributed by atoms with E-state index in [0.717, 1.165) is 18.4 Å². The number of allylic oxidation sites excluding steroid dienone is 5. The van der Waals surface area contributed by atoms with Gasteiger partial charge in [0.1, 0.15) is 0 Å². The Labute approximate surface area is 155 Å². The Hall–Kier alpha value is -1.72. The van der Waals surface area contributed by atoms with E-state index < -0.39 is 10.0 Å². The molecule has 26 heavy (non-hydrogen) atoms. The third kappa shape index (κ3) is 3.84. The lowest BCUT2D eigenvalue weighted by Crippen LogP contribution is -2.12. The Kier molecular flexibility index (Phi) is 5.22. The minimum atomic E-state index is -3.69. The topological polar surface area (TPSA) is 60.2 Å². The highest BCUT2D eigenvalue weighted by atomic mass is 32.2. The van der Waals surface area contributed by atoms with Gasteiger partial charge in [-0.25, -0.2) is 17.9 Å². The van der Waals surface area contributed by atoms with Crippen LogP contribution in [0.4, 0.5) is 4.39 Å². The lowest BCUT2D eigenvalue weighted by molar-refractivity contribution is 0.500. The normalized spacial score (nSPS) is 21.8. The van der Waals surface area contributed by atoms with Crippen LogP contribution >= 0.6 is 0 Å². The first-order chi connectivity index (χ1) is 12.3. The molecule has 1 aromatic carbocycles. The van der Waals surface area contributed by atoms with Crippen LogP contribution in [-0.4, -0.2) is 8.42 Å². The van der Waals surface area contributed by atoms with Crippen molar-refractivity contribution in [2.45, 2.75) is 44.4 Å². The van der Waals surface area contributed by atoms with E-state index in [4.69, 9.17) is 5.14 Å². The number of sulfonamides is 1. The van der Waals surface area contributed by atoms with Gasteiger partial charge in [0.15, 0.2) is 0 Å². The van der Waals surface area contributed by atoms with E-state index in [1.807, 2.05) is 32.1 Å². The molecule has 3 nitrogen and oxygen atoms in total. The molecule has 140 valence electrons. The van der Waals surface area contributed by atoms with E-state index in [0.29, 0.717) is 11.7 Å². The van der Waals surface area contributed by atoms with Crippen molar-refractivity contribution in [3.8, 4) is 0 Å². The predicted molar refractivity (Wildman–Crippen MR) is 103 cm³/mol. The van der Waals surface area contributed by atoms with Gasteiger partial charge in [0.2, 0.25) is 10.0 Å². The molecule has 0 saturated heterocycles. The molecule has 2 unspecified atom stereocenters. The molecule has 1 saturated carbocycles. The van der Waals surface area contributed by atoms with Crippen molar-refractivity contribution in [1.29, 1.82) is 0 Å². The number of primary sulfonamides is 1. The van der Waals surface area contributed by atoms with Crippen LogP contribution in [0.1, 0.15) is 45.1 Å². The van der Waals surface area contributed by atoms with Gasteiger partial charge >= 0.3 is 0 Å². The van der Waals surface area contributed by atoms with Gasteiger partial charge in [-0.2, -0.15) is 0 Å². The van der Waals surface area contributed by atoms with Crippen molar-refractivity contribution in [3.05, 3.63) is 60.0 Å². The molecule has 0 aliphatic heterocycles. The first kappa shape index (κ1) is 19.1. The van der Waals surface area contributed by atoms with Gasteiger partial charge < -0.3 is 0 Å². The number of benzene rings is 1. The molecule has 0 heterocycles. The lowest BCUT2D eigenvalue weighted by atomic mass is 9.83. The van der Waals surface area contributed by atoms with Gasteiger partial charge in [0.25, 0.3) is 0 Å². The quantitative estimate of drug-likeness (QED) is 0.713. The largest absolute Gasteiger partial charge is 0.238 e. The standard InChI is InChI=1S/C21H26FNO2S/c1-3-4-18(15(2)9-12-22)20-14-21(10-11-21)13-19(20)16-5-7-17(8-6-16)26(23,24)25/h3-9,12,15,18H,10-11,13-14H2,1-2H3,(H2,23,24,25)/b4-3-,12-9+. The summed E-state index contributed by atoms with van der Waals surface area (Å²) in [4.78, 5) is 0.126. The van der Waals surface area contributed by atoms with Gasteiger partial charge in [0, 0.05) is 5.92 Å². The van der Waals surface area contributed by atoms with Gasteiger partial charge in [-0.3, -0.25) is 0 Å². The second-order valence-electron chi connectivity index (χ2n) is 7.66. The zero-order chi connectivity index (χ0) is 18.9. The van der Waals surface area contributed by atoms with E-state index >= 15 is 0 Å². The SMILES string of the molecule is C/C=C\C(C1=C(c2ccc(S(N)(=O)=O)cc2)CC2(CC2)C1)C(C)/C=C/F. The van der Waals surface area contributed by atoms with Crippen LogP contribution in [0.5, 0.6) is 0 Å². The van der Waals surface area contributed by atoms with Crippen molar-refractivity contribution < 1.29 is 12.8 Å². The van der Waals surface area contributed by atoms with Gasteiger partial charge in [-0.05, 0) is 67.2 Å². The van der Waals surface area contributed by atoms with Crippen LogP contribution in [0, 0.1) is 17.3 Å². The van der Waals surface area contributed by atoms with E-state index in [-0.39, 0.29) is 16.7 Å². The first-order valence-corrected chi connectivity index (χ1v) is 10.6. The van der Waals surface area contributed by atoms with Crippen LogP contribution < -0.4 is 5.14 Å². The van der Waals surface area contributed by atoms with Crippen molar-refractivity contribution in [1.82, 2.24) is 0 Å². The van der Waals surface area contributed by atoms with Gasteiger partial charge in [0.05, 0.1) is 11.2 Å². The highest BCUT2D eigenvalue weighted by Gasteiger charge is 2.49. The maximum absolute atomic E-state index is 12.8. The molecule has 3 rings (SSSR count). The summed E-state index contributed by atoms with van der Waals surface area (Å²) >= 11 is 0. The van der Waals surface area contributed by atoms with Crippen LogP contribution in [0.25, 0.3) is 5.57 Å². The summed E-state index contributed by atoms with van der Waals surface area (Å²) in [7, 11) is -3.69. The maximum Gasteiger partial charge on any atom is 0.238 e. The van der Waals surface area contributed by atoms with Crippen LogP contribution in [0.2, 0.25) is 0 Å². The molecule has 1 aromatic rings. The number of hydrogen-bond acceptors (Lipinski definition) is 2. The number of hydrogen-bond donors (Lipinski definition) is 1. The molecule has 1 fully saturated rings. The van der Waals surface area contributed by atoms with Crippen LogP contribution in [-0.2, 0) is 10.0 Å². The van der Waals surface area contributed by atoms with E-state index in [2.05, 4.69) is 6.08 Å². The average molecular weight is 376 g/mol. The van der Waals surface area contributed by atoms with Crippen molar-refractivity contribution in [3.63, 3.8) is 0 Å². The van der Waals surface area contributed by atoms with Gasteiger partial charge in [-0.1, -0.05) is 42.9 Å². The molecule has 0 aromatic heterocycles. The summed E-state index contributed by atoms with van der Waals surface area (Å²) in [6.45, 7) is 4.02.